The summed E-state index contributed by atoms with van der Waals surface area (Å²) in [6.07, 6.45) is 2.32. The number of nitrogens with one attached hydrogen (secondary N) is 1. The quantitative estimate of drug-likeness (QED) is 0.842. The summed E-state index contributed by atoms with van der Waals surface area (Å²) in [6.45, 7) is 0.967. The van der Waals surface area contributed by atoms with Gasteiger partial charge in [0.05, 0.1) is 4.90 Å². The molecule has 2 heterocycles. The first-order valence-corrected chi connectivity index (χ1v) is 8.95. The van der Waals surface area contributed by atoms with E-state index in [1.54, 1.807) is 26.4 Å². The molecule has 2 aromatic rings. The molecular formula is C14H19N3O2S2. The Labute approximate surface area is 129 Å². The van der Waals surface area contributed by atoms with Crippen LogP contribution in [0.5, 0.6) is 0 Å². The normalized spacial score (nSPS) is 12.0. The fourth-order valence-electron chi connectivity index (χ4n) is 1.95. The minimum absolute atomic E-state index is 0.394. The molecule has 0 radical (unpaired) electrons. The van der Waals surface area contributed by atoms with Gasteiger partial charge in [0, 0.05) is 43.3 Å². The van der Waals surface area contributed by atoms with Crippen LogP contribution < -0.4 is 5.32 Å². The molecule has 0 bridgehead atoms. The molecule has 5 nitrogen and oxygen atoms in total. The summed E-state index contributed by atoms with van der Waals surface area (Å²) in [5.41, 5.74) is 0.889. The molecule has 21 heavy (non-hydrogen) atoms. The van der Waals surface area contributed by atoms with Crippen LogP contribution in [0.4, 0.5) is 0 Å². The summed E-state index contributed by atoms with van der Waals surface area (Å²) in [6, 6.07) is 7.32. The molecule has 0 spiro atoms. The van der Waals surface area contributed by atoms with Gasteiger partial charge in [0.25, 0.3) is 0 Å². The van der Waals surface area contributed by atoms with Crippen molar-refractivity contribution in [2.45, 2.75) is 17.9 Å². The highest BCUT2D eigenvalue weighted by atomic mass is 32.2. The van der Waals surface area contributed by atoms with Crippen molar-refractivity contribution in [3.63, 3.8) is 0 Å². The van der Waals surface area contributed by atoms with E-state index in [0.717, 1.165) is 10.6 Å². The fraction of sp³-hybridized carbons (Fsp3) is 0.357. The van der Waals surface area contributed by atoms with E-state index in [-0.39, 0.29) is 0 Å². The molecule has 0 aliphatic carbocycles. The van der Waals surface area contributed by atoms with Crippen molar-refractivity contribution in [2.24, 2.45) is 0 Å². The van der Waals surface area contributed by atoms with Crippen molar-refractivity contribution in [3.05, 3.63) is 46.4 Å². The summed E-state index contributed by atoms with van der Waals surface area (Å²) in [7, 11) is -0.0260. The first-order valence-electron chi connectivity index (χ1n) is 6.63. The van der Waals surface area contributed by atoms with Gasteiger partial charge in [0.15, 0.2) is 0 Å². The van der Waals surface area contributed by atoms with Crippen LogP contribution in [0.25, 0.3) is 0 Å². The molecule has 0 aromatic carbocycles. The summed E-state index contributed by atoms with van der Waals surface area (Å²) in [5, 5.41) is 4.81. The third kappa shape index (κ3) is 3.88. The highest BCUT2D eigenvalue weighted by molar-refractivity contribution is 7.89. The number of sulfonamides is 1. The minimum Gasteiger partial charge on any atom is -0.315 e. The lowest BCUT2D eigenvalue weighted by Crippen LogP contribution is -2.29. The van der Waals surface area contributed by atoms with Crippen LogP contribution in [0, 0.1) is 0 Å². The van der Waals surface area contributed by atoms with Crippen molar-refractivity contribution < 1.29 is 8.42 Å². The largest absolute Gasteiger partial charge is 0.315 e. The average molecular weight is 325 g/mol. The molecule has 7 heteroatoms. The predicted molar refractivity (Wildman–Crippen MR) is 84.8 cm³/mol. The van der Waals surface area contributed by atoms with E-state index in [4.69, 9.17) is 0 Å². The number of nitrogens with zero attached hydrogens (tertiary/aromatic N) is 2. The van der Waals surface area contributed by atoms with Crippen molar-refractivity contribution in [2.75, 3.05) is 20.6 Å². The topological polar surface area (TPSA) is 62.3 Å². The van der Waals surface area contributed by atoms with Crippen LogP contribution >= 0.6 is 11.3 Å². The number of hydrogen-bond donors (Lipinski definition) is 1. The Morgan fingerprint density at radius 3 is 2.81 bits per heavy atom. The fourth-order valence-corrected chi connectivity index (χ4v) is 4.55. The van der Waals surface area contributed by atoms with E-state index in [1.807, 2.05) is 23.6 Å². The smallest absolute Gasteiger partial charge is 0.243 e. The van der Waals surface area contributed by atoms with Gasteiger partial charge in [0.2, 0.25) is 10.0 Å². The SMILES string of the molecule is CNCc1sccc1S(=O)(=O)N(C)CCc1ccccn1. The zero-order valence-electron chi connectivity index (χ0n) is 12.1. The van der Waals surface area contributed by atoms with Crippen LogP contribution in [-0.2, 0) is 23.0 Å². The maximum Gasteiger partial charge on any atom is 0.243 e. The van der Waals surface area contributed by atoms with Crippen LogP contribution in [-0.4, -0.2) is 38.3 Å². The minimum atomic E-state index is -3.44. The molecule has 0 amide bonds. The number of pyridine rings is 1. The van der Waals surface area contributed by atoms with Gasteiger partial charge in [-0.1, -0.05) is 6.07 Å². The third-order valence-corrected chi connectivity index (χ3v) is 6.13. The summed E-state index contributed by atoms with van der Waals surface area (Å²) in [5.74, 6) is 0. The third-order valence-electron chi connectivity index (χ3n) is 3.14. The number of hydrogen-bond acceptors (Lipinski definition) is 5. The first-order chi connectivity index (χ1) is 10.1. The van der Waals surface area contributed by atoms with Crippen molar-refractivity contribution in [3.8, 4) is 0 Å². The van der Waals surface area contributed by atoms with Crippen molar-refractivity contribution >= 4 is 21.4 Å². The second-order valence-corrected chi connectivity index (χ2v) is 7.65. The zero-order valence-corrected chi connectivity index (χ0v) is 13.7. The lowest BCUT2D eigenvalue weighted by atomic mass is 10.3. The summed E-state index contributed by atoms with van der Waals surface area (Å²) < 4.78 is 26.6. The predicted octanol–water partition coefficient (Wildman–Crippen LogP) is 1.73. The number of thiophene rings is 1. The summed E-state index contributed by atoms with van der Waals surface area (Å²) >= 11 is 1.45. The molecule has 2 rings (SSSR count). The van der Waals surface area contributed by atoms with E-state index < -0.39 is 10.0 Å². The molecule has 0 fully saturated rings. The molecule has 0 aliphatic heterocycles. The van der Waals surface area contributed by atoms with Crippen LogP contribution in [0.2, 0.25) is 0 Å². The van der Waals surface area contributed by atoms with Gasteiger partial charge in [-0.05, 0) is 30.6 Å². The van der Waals surface area contributed by atoms with E-state index in [0.29, 0.717) is 24.4 Å². The molecule has 1 N–H and O–H groups in total. The number of rotatable bonds is 7. The number of aromatic nitrogens is 1. The van der Waals surface area contributed by atoms with Crippen molar-refractivity contribution in [1.29, 1.82) is 0 Å². The van der Waals surface area contributed by atoms with E-state index in [9.17, 15) is 8.42 Å². The monoisotopic (exact) mass is 325 g/mol. The van der Waals surface area contributed by atoms with Gasteiger partial charge in [-0.25, -0.2) is 12.7 Å². The average Bonchev–Trinajstić information content (AvgIpc) is 2.95. The Balaban J connectivity index is 2.09. The molecule has 114 valence electrons. The molecule has 0 aliphatic rings. The highest BCUT2D eigenvalue weighted by Gasteiger charge is 2.24. The van der Waals surface area contributed by atoms with Crippen LogP contribution in [0.15, 0.2) is 40.7 Å². The van der Waals surface area contributed by atoms with Gasteiger partial charge in [-0.3, -0.25) is 4.98 Å². The maximum atomic E-state index is 12.6. The van der Waals surface area contributed by atoms with E-state index in [1.165, 1.54) is 15.6 Å². The molecule has 0 saturated carbocycles. The lowest BCUT2D eigenvalue weighted by Gasteiger charge is -2.17. The van der Waals surface area contributed by atoms with Gasteiger partial charge in [-0.2, -0.15) is 0 Å². The Morgan fingerprint density at radius 1 is 1.33 bits per heavy atom. The Bertz CT molecular complexity index is 669. The molecule has 0 atom stereocenters. The second-order valence-electron chi connectivity index (χ2n) is 4.64. The van der Waals surface area contributed by atoms with Gasteiger partial charge in [-0.15, -0.1) is 11.3 Å². The van der Waals surface area contributed by atoms with Gasteiger partial charge >= 0.3 is 0 Å². The highest BCUT2D eigenvalue weighted by Crippen LogP contribution is 2.24. The Morgan fingerprint density at radius 2 is 2.14 bits per heavy atom. The second kappa shape index (κ2) is 7.13. The van der Waals surface area contributed by atoms with Crippen LogP contribution in [0.1, 0.15) is 10.6 Å². The molecule has 0 saturated heterocycles. The zero-order chi connectivity index (χ0) is 15.3. The molecule has 2 aromatic heterocycles. The maximum absolute atomic E-state index is 12.6. The molecular weight excluding hydrogens is 306 g/mol. The standard InChI is InChI=1S/C14H19N3O2S2/c1-15-11-13-14(7-10-20-13)21(18,19)17(2)9-6-12-5-3-4-8-16-12/h3-5,7-8,10,15H,6,9,11H2,1-2H3. The van der Waals surface area contributed by atoms with Gasteiger partial charge in [0.1, 0.15) is 0 Å². The van der Waals surface area contributed by atoms with Crippen molar-refractivity contribution in [1.82, 2.24) is 14.6 Å². The van der Waals surface area contributed by atoms with E-state index in [2.05, 4.69) is 10.3 Å². The first kappa shape index (κ1) is 16.1. The van der Waals surface area contributed by atoms with Crippen LogP contribution in [0.3, 0.4) is 0 Å². The summed E-state index contributed by atoms with van der Waals surface area (Å²) in [4.78, 5) is 5.44. The Kier molecular flexibility index (Phi) is 5.46. The van der Waals surface area contributed by atoms with E-state index >= 15 is 0 Å². The lowest BCUT2D eigenvalue weighted by molar-refractivity contribution is 0.470. The van der Waals surface area contributed by atoms with Gasteiger partial charge < -0.3 is 5.32 Å². The Hall–Kier alpha value is -1.28. The number of likely N-dealkylation sites (N-methyl/N-ethyl adjacent to an activating group) is 1. The molecule has 0 unspecified atom stereocenters.